The molecule has 24 heavy (non-hydrogen) atoms. The van der Waals surface area contributed by atoms with Crippen molar-refractivity contribution in [3.8, 4) is 17.2 Å². The highest BCUT2D eigenvalue weighted by molar-refractivity contribution is 5.54. The molecule has 3 rings (SSSR count). The van der Waals surface area contributed by atoms with E-state index in [4.69, 9.17) is 18.9 Å². The van der Waals surface area contributed by atoms with Gasteiger partial charge in [-0.2, -0.15) is 0 Å². The van der Waals surface area contributed by atoms with E-state index in [0.29, 0.717) is 50.2 Å². The fourth-order valence-corrected chi connectivity index (χ4v) is 2.98. The molecule has 0 spiro atoms. The molecule has 0 bridgehead atoms. The smallest absolute Gasteiger partial charge is 0.203 e. The summed E-state index contributed by atoms with van der Waals surface area (Å²) in [7, 11) is 1.61. The topological polar surface area (TPSA) is 89.4 Å². The van der Waals surface area contributed by atoms with Crippen LogP contribution < -0.4 is 19.5 Å². The maximum Gasteiger partial charge on any atom is 0.203 e. The van der Waals surface area contributed by atoms with Crippen LogP contribution >= 0.6 is 0 Å². The van der Waals surface area contributed by atoms with Gasteiger partial charge in [0, 0.05) is 25.4 Å². The van der Waals surface area contributed by atoms with E-state index < -0.39 is 12.2 Å². The molecule has 0 radical (unpaired) electrons. The van der Waals surface area contributed by atoms with Gasteiger partial charge in [0.25, 0.3) is 0 Å². The Morgan fingerprint density at radius 1 is 1.21 bits per heavy atom. The lowest BCUT2D eigenvalue weighted by Crippen LogP contribution is -2.47. The summed E-state index contributed by atoms with van der Waals surface area (Å²) < 4.78 is 22.1. The number of aliphatic hydroxyl groups is 2. The van der Waals surface area contributed by atoms with Gasteiger partial charge in [-0.15, -0.1) is 0 Å². The predicted molar refractivity (Wildman–Crippen MR) is 86.6 cm³/mol. The Hall–Kier alpha value is -1.54. The van der Waals surface area contributed by atoms with Gasteiger partial charge in [-0.25, -0.2) is 0 Å². The van der Waals surface area contributed by atoms with Crippen LogP contribution in [0.3, 0.4) is 0 Å². The molecule has 0 amide bonds. The monoisotopic (exact) mass is 339 g/mol. The average molecular weight is 339 g/mol. The zero-order valence-corrected chi connectivity index (χ0v) is 13.9. The molecule has 3 N–H and O–H groups in total. The highest BCUT2D eigenvalue weighted by Crippen LogP contribution is 2.40. The van der Waals surface area contributed by atoms with E-state index >= 15 is 0 Å². The molecule has 2 heterocycles. The second-order valence-corrected chi connectivity index (χ2v) is 6.16. The Bertz CT molecular complexity index is 552. The van der Waals surface area contributed by atoms with Crippen molar-refractivity contribution in [2.45, 2.75) is 25.2 Å². The van der Waals surface area contributed by atoms with Crippen LogP contribution in [0.1, 0.15) is 12.0 Å². The van der Waals surface area contributed by atoms with Crippen molar-refractivity contribution in [3.05, 3.63) is 17.7 Å². The zero-order chi connectivity index (χ0) is 16.9. The zero-order valence-electron chi connectivity index (χ0n) is 13.9. The van der Waals surface area contributed by atoms with E-state index in [0.717, 1.165) is 12.0 Å². The third kappa shape index (κ3) is 3.92. The van der Waals surface area contributed by atoms with Gasteiger partial charge in [0.1, 0.15) is 6.10 Å². The normalized spacial score (nSPS) is 26.7. The molecule has 1 saturated heterocycles. The summed E-state index contributed by atoms with van der Waals surface area (Å²) in [5.41, 5.74) is 1.00. The Morgan fingerprint density at radius 2 is 2.04 bits per heavy atom. The van der Waals surface area contributed by atoms with Crippen LogP contribution in [0.2, 0.25) is 0 Å². The van der Waals surface area contributed by atoms with Crippen LogP contribution in [0, 0.1) is 5.92 Å². The van der Waals surface area contributed by atoms with Crippen LogP contribution in [0.4, 0.5) is 0 Å². The quantitative estimate of drug-likeness (QED) is 0.711. The SMILES string of the molecule is COc1cc(CNC[C@@H]2COC[C@@H](O)[C@H]2O)cc2c1OCCCO2. The number of fused-ring (bicyclic) bond motifs is 1. The minimum atomic E-state index is -0.816. The van der Waals surface area contributed by atoms with Crippen molar-refractivity contribution in [3.63, 3.8) is 0 Å². The summed E-state index contributed by atoms with van der Waals surface area (Å²) in [5, 5.41) is 22.9. The predicted octanol–water partition coefficient (Wildman–Crippen LogP) is 0.314. The number of ether oxygens (including phenoxy) is 4. The highest BCUT2D eigenvalue weighted by Gasteiger charge is 2.30. The van der Waals surface area contributed by atoms with E-state index in [-0.39, 0.29) is 12.5 Å². The molecule has 0 saturated carbocycles. The lowest BCUT2D eigenvalue weighted by Gasteiger charge is -2.31. The Kier molecular flexibility index (Phi) is 5.78. The molecule has 1 aromatic carbocycles. The Balaban J connectivity index is 1.62. The first kappa shape index (κ1) is 17.3. The average Bonchev–Trinajstić information content (AvgIpc) is 2.83. The van der Waals surface area contributed by atoms with Gasteiger partial charge in [0.2, 0.25) is 5.75 Å². The van der Waals surface area contributed by atoms with Crippen molar-refractivity contribution < 1.29 is 29.2 Å². The Morgan fingerprint density at radius 3 is 2.88 bits per heavy atom. The van der Waals surface area contributed by atoms with E-state index in [1.165, 1.54) is 0 Å². The summed E-state index contributed by atoms with van der Waals surface area (Å²) in [6.07, 6.45) is -0.735. The number of nitrogens with one attached hydrogen (secondary N) is 1. The van der Waals surface area contributed by atoms with Crippen LogP contribution in [0.25, 0.3) is 0 Å². The number of aliphatic hydroxyl groups excluding tert-OH is 2. The summed E-state index contributed by atoms with van der Waals surface area (Å²) in [4.78, 5) is 0. The van der Waals surface area contributed by atoms with Crippen molar-refractivity contribution in [2.24, 2.45) is 5.92 Å². The number of rotatable bonds is 5. The molecular formula is C17H25NO6. The summed E-state index contributed by atoms with van der Waals surface area (Å²) in [6, 6.07) is 3.86. The molecule has 7 nitrogen and oxygen atoms in total. The van der Waals surface area contributed by atoms with Gasteiger partial charge in [-0.1, -0.05) is 0 Å². The van der Waals surface area contributed by atoms with Gasteiger partial charge in [-0.3, -0.25) is 0 Å². The second-order valence-electron chi connectivity index (χ2n) is 6.16. The van der Waals surface area contributed by atoms with Crippen LogP contribution in [0.5, 0.6) is 17.2 Å². The number of benzene rings is 1. The molecule has 0 unspecified atom stereocenters. The molecule has 2 aliphatic rings. The molecule has 134 valence electrons. The maximum absolute atomic E-state index is 9.98. The van der Waals surface area contributed by atoms with Gasteiger partial charge in [-0.05, 0) is 17.7 Å². The minimum Gasteiger partial charge on any atom is -0.493 e. The molecular weight excluding hydrogens is 314 g/mol. The van der Waals surface area contributed by atoms with E-state index in [9.17, 15) is 10.2 Å². The van der Waals surface area contributed by atoms with E-state index in [2.05, 4.69) is 5.32 Å². The fourth-order valence-electron chi connectivity index (χ4n) is 2.98. The highest BCUT2D eigenvalue weighted by atomic mass is 16.5. The molecule has 3 atom stereocenters. The number of methoxy groups -OCH3 is 1. The van der Waals surface area contributed by atoms with Gasteiger partial charge in [0.05, 0.1) is 39.6 Å². The van der Waals surface area contributed by atoms with E-state index in [1.54, 1.807) is 7.11 Å². The third-order valence-electron chi connectivity index (χ3n) is 4.33. The minimum absolute atomic E-state index is 0.129. The van der Waals surface area contributed by atoms with E-state index in [1.807, 2.05) is 12.1 Å². The lowest BCUT2D eigenvalue weighted by molar-refractivity contribution is -0.119. The van der Waals surface area contributed by atoms with Crippen molar-refractivity contribution in [1.82, 2.24) is 5.32 Å². The molecule has 0 aliphatic carbocycles. The third-order valence-corrected chi connectivity index (χ3v) is 4.33. The Labute approximate surface area is 141 Å². The fraction of sp³-hybridized carbons (Fsp3) is 0.647. The maximum atomic E-state index is 9.98. The summed E-state index contributed by atoms with van der Waals surface area (Å²) in [5.74, 6) is 1.87. The lowest BCUT2D eigenvalue weighted by atomic mass is 9.96. The van der Waals surface area contributed by atoms with Crippen LogP contribution in [0.15, 0.2) is 12.1 Å². The van der Waals surface area contributed by atoms with Gasteiger partial charge < -0.3 is 34.5 Å². The summed E-state index contributed by atoms with van der Waals surface area (Å²) >= 11 is 0. The van der Waals surface area contributed by atoms with Gasteiger partial charge in [0.15, 0.2) is 11.5 Å². The van der Waals surface area contributed by atoms with Gasteiger partial charge >= 0.3 is 0 Å². The molecule has 2 aliphatic heterocycles. The van der Waals surface area contributed by atoms with Crippen molar-refractivity contribution in [2.75, 3.05) is 40.1 Å². The molecule has 0 aromatic heterocycles. The first-order chi connectivity index (χ1) is 11.7. The number of hydrogen-bond donors (Lipinski definition) is 3. The van der Waals surface area contributed by atoms with Crippen LogP contribution in [-0.4, -0.2) is 62.5 Å². The first-order valence-electron chi connectivity index (χ1n) is 8.30. The molecule has 7 heteroatoms. The largest absolute Gasteiger partial charge is 0.493 e. The second kappa shape index (κ2) is 8.02. The molecule has 1 aromatic rings. The van der Waals surface area contributed by atoms with Crippen molar-refractivity contribution in [1.29, 1.82) is 0 Å². The standard InChI is InChI=1S/C17H25NO6/c1-21-14-5-11(6-15-17(14)24-4-2-3-23-15)7-18-8-12-9-22-10-13(19)16(12)20/h5-6,12-13,16,18-20H,2-4,7-10H2,1H3/t12-,13-,16+/m1/s1. The van der Waals surface area contributed by atoms with Crippen LogP contribution in [-0.2, 0) is 11.3 Å². The van der Waals surface area contributed by atoms with Crippen molar-refractivity contribution >= 4 is 0 Å². The number of hydrogen-bond acceptors (Lipinski definition) is 7. The molecule has 1 fully saturated rings. The summed E-state index contributed by atoms with van der Waals surface area (Å²) in [6.45, 7) is 3.01. The first-order valence-corrected chi connectivity index (χ1v) is 8.30.